The molecule has 2 heterocycles. The van der Waals surface area contributed by atoms with E-state index in [2.05, 4.69) is 195 Å². The van der Waals surface area contributed by atoms with Crippen LogP contribution in [0.25, 0.3) is 88.0 Å². The molecule has 12 rings (SSSR count). The number of benzene rings is 9. The van der Waals surface area contributed by atoms with Crippen molar-refractivity contribution in [1.82, 2.24) is 0 Å². The molecule has 1 aliphatic carbocycles. The van der Waals surface area contributed by atoms with Crippen molar-refractivity contribution >= 4 is 71.7 Å². The lowest BCUT2D eigenvalue weighted by molar-refractivity contribution is 0.660. The molecule has 9 aromatic carbocycles. The van der Waals surface area contributed by atoms with Crippen LogP contribution in [0, 0.1) is 0 Å². The zero-order chi connectivity index (χ0) is 38.5. The summed E-state index contributed by atoms with van der Waals surface area (Å²) in [5, 5.41) is 6.84. The largest absolute Gasteiger partial charge is 0.456 e. The van der Waals surface area contributed by atoms with Gasteiger partial charge in [-0.05, 0) is 117 Å². The van der Waals surface area contributed by atoms with E-state index in [4.69, 9.17) is 8.83 Å². The van der Waals surface area contributed by atoms with Gasteiger partial charge in [0, 0.05) is 49.4 Å². The fourth-order valence-electron chi connectivity index (χ4n) is 9.59. The molecule has 0 radical (unpaired) electrons. The molecule has 11 aromatic rings. The summed E-state index contributed by atoms with van der Waals surface area (Å²) in [4.78, 5) is 2.40. The molecule has 0 aliphatic heterocycles. The van der Waals surface area contributed by atoms with Crippen LogP contribution in [0.1, 0.15) is 25.0 Å². The highest BCUT2D eigenvalue weighted by Crippen LogP contribution is 2.51. The fourth-order valence-corrected chi connectivity index (χ4v) is 9.59. The van der Waals surface area contributed by atoms with Crippen molar-refractivity contribution in [2.45, 2.75) is 19.3 Å². The Hall–Kier alpha value is -7.36. The molecule has 274 valence electrons. The zero-order valence-corrected chi connectivity index (χ0v) is 32.2. The van der Waals surface area contributed by atoms with Crippen LogP contribution in [0.2, 0.25) is 0 Å². The van der Waals surface area contributed by atoms with E-state index in [0.29, 0.717) is 0 Å². The van der Waals surface area contributed by atoms with Gasteiger partial charge in [0.25, 0.3) is 0 Å². The standard InChI is InChI=1S/C55H37NO2/c1-55(2)48-18-7-5-15-43(48)44-29-27-40(33-49(44)55)56(38-25-21-34(22-26-38)36-24-30-51-47(32-36)45-16-6-8-19-50(45)57-51)39-13-9-12-37(31-39)41-17-10-20-52-53(41)46-28-23-35-11-3-4-14-42(35)54(46)58-52/h3-33H,1-2H3. The van der Waals surface area contributed by atoms with Crippen molar-refractivity contribution in [1.29, 1.82) is 0 Å². The van der Waals surface area contributed by atoms with Gasteiger partial charge in [-0.2, -0.15) is 0 Å². The lowest BCUT2D eigenvalue weighted by Gasteiger charge is -2.28. The Balaban J connectivity index is 1.01. The van der Waals surface area contributed by atoms with E-state index < -0.39 is 0 Å². The molecule has 0 fully saturated rings. The Kier molecular flexibility index (Phi) is 6.98. The van der Waals surface area contributed by atoms with Gasteiger partial charge < -0.3 is 13.7 Å². The van der Waals surface area contributed by atoms with Gasteiger partial charge >= 0.3 is 0 Å². The first-order valence-electron chi connectivity index (χ1n) is 20.0. The minimum absolute atomic E-state index is 0.128. The molecule has 0 spiro atoms. The number of hydrogen-bond donors (Lipinski definition) is 0. The highest BCUT2D eigenvalue weighted by Gasteiger charge is 2.35. The van der Waals surface area contributed by atoms with Crippen molar-refractivity contribution in [3.63, 3.8) is 0 Å². The van der Waals surface area contributed by atoms with Gasteiger partial charge in [0.05, 0.1) is 0 Å². The first-order chi connectivity index (χ1) is 28.5. The van der Waals surface area contributed by atoms with E-state index in [1.807, 2.05) is 12.1 Å². The molecule has 58 heavy (non-hydrogen) atoms. The minimum Gasteiger partial charge on any atom is -0.456 e. The van der Waals surface area contributed by atoms with Gasteiger partial charge in [0.15, 0.2) is 0 Å². The molecule has 0 bridgehead atoms. The molecule has 0 unspecified atom stereocenters. The van der Waals surface area contributed by atoms with Gasteiger partial charge in [0.1, 0.15) is 22.3 Å². The summed E-state index contributed by atoms with van der Waals surface area (Å²) in [5.74, 6) is 0. The maximum absolute atomic E-state index is 6.61. The number of furan rings is 2. The van der Waals surface area contributed by atoms with Gasteiger partial charge in [-0.3, -0.25) is 0 Å². The second kappa shape index (κ2) is 12.3. The van der Waals surface area contributed by atoms with E-state index >= 15 is 0 Å². The summed E-state index contributed by atoms with van der Waals surface area (Å²) >= 11 is 0. The van der Waals surface area contributed by atoms with E-state index in [0.717, 1.165) is 88.6 Å². The van der Waals surface area contributed by atoms with Crippen molar-refractivity contribution in [2.24, 2.45) is 0 Å². The Bertz CT molecular complexity index is 3440. The molecule has 2 aromatic heterocycles. The Labute approximate surface area is 336 Å². The molecule has 3 nitrogen and oxygen atoms in total. The molecular weight excluding hydrogens is 707 g/mol. The zero-order valence-electron chi connectivity index (χ0n) is 32.2. The highest BCUT2D eigenvalue weighted by molar-refractivity contribution is 6.19. The van der Waals surface area contributed by atoms with Gasteiger partial charge in [-0.15, -0.1) is 0 Å². The van der Waals surface area contributed by atoms with Gasteiger partial charge in [0.2, 0.25) is 0 Å². The van der Waals surface area contributed by atoms with Crippen molar-refractivity contribution in [2.75, 3.05) is 4.90 Å². The molecule has 1 aliphatic rings. The number of para-hydroxylation sites is 1. The molecule has 3 heteroatoms. The highest BCUT2D eigenvalue weighted by atomic mass is 16.3. The summed E-state index contributed by atoms with van der Waals surface area (Å²) in [5.41, 5.74) is 16.7. The predicted molar refractivity (Wildman–Crippen MR) is 242 cm³/mol. The number of hydrogen-bond acceptors (Lipinski definition) is 3. The van der Waals surface area contributed by atoms with Crippen molar-refractivity contribution < 1.29 is 8.83 Å². The number of nitrogens with zero attached hydrogens (tertiary/aromatic N) is 1. The lowest BCUT2D eigenvalue weighted by atomic mass is 9.82. The van der Waals surface area contributed by atoms with Crippen LogP contribution in [0.4, 0.5) is 17.1 Å². The predicted octanol–water partition coefficient (Wildman–Crippen LogP) is 15.7. The Morgan fingerprint density at radius 3 is 1.98 bits per heavy atom. The van der Waals surface area contributed by atoms with Crippen LogP contribution in [0.15, 0.2) is 197 Å². The van der Waals surface area contributed by atoms with Crippen LogP contribution in [0.5, 0.6) is 0 Å². The molecule has 0 amide bonds. The number of fused-ring (bicyclic) bond motifs is 11. The molecular formula is C55H37NO2. The monoisotopic (exact) mass is 743 g/mol. The van der Waals surface area contributed by atoms with Crippen LogP contribution in [-0.4, -0.2) is 0 Å². The first-order valence-corrected chi connectivity index (χ1v) is 20.0. The summed E-state index contributed by atoms with van der Waals surface area (Å²) in [6, 6.07) is 67.8. The third kappa shape index (κ3) is 4.86. The third-order valence-electron chi connectivity index (χ3n) is 12.5. The van der Waals surface area contributed by atoms with E-state index in [-0.39, 0.29) is 5.41 Å². The lowest BCUT2D eigenvalue weighted by Crippen LogP contribution is -2.16. The van der Waals surface area contributed by atoms with E-state index in [1.165, 1.54) is 27.6 Å². The number of anilines is 3. The van der Waals surface area contributed by atoms with E-state index in [1.54, 1.807) is 0 Å². The second-order valence-electron chi connectivity index (χ2n) is 16.1. The average Bonchev–Trinajstić information content (AvgIpc) is 3.92. The maximum atomic E-state index is 6.61. The number of rotatable bonds is 5. The van der Waals surface area contributed by atoms with Gasteiger partial charge in [-0.1, -0.05) is 135 Å². The second-order valence-corrected chi connectivity index (χ2v) is 16.1. The summed E-state index contributed by atoms with van der Waals surface area (Å²) in [6.45, 7) is 4.70. The summed E-state index contributed by atoms with van der Waals surface area (Å²) < 4.78 is 12.8. The fraction of sp³-hybridized carbons (Fsp3) is 0.0545. The van der Waals surface area contributed by atoms with Crippen LogP contribution in [0.3, 0.4) is 0 Å². The van der Waals surface area contributed by atoms with Crippen LogP contribution < -0.4 is 4.90 Å². The topological polar surface area (TPSA) is 29.5 Å². The first kappa shape index (κ1) is 32.8. The van der Waals surface area contributed by atoms with Crippen molar-refractivity contribution in [3.8, 4) is 33.4 Å². The molecule has 0 saturated heterocycles. The summed E-state index contributed by atoms with van der Waals surface area (Å²) in [7, 11) is 0. The third-order valence-corrected chi connectivity index (χ3v) is 12.5. The van der Waals surface area contributed by atoms with Gasteiger partial charge in [-0.25, -0.2) is 0 Å². The average molecular weight is 744 g/mol. The van der Waals surface area contributed by atoms with Crippen LogP contribution in [-0.2, 0) is 5.41 Å². The molecule has 0 N–H and O–H groups in total. The smallest absolute Gasteiger partial charge is 0.143 e. The SMILES string of the molecule is CC1(C)c2ccccc2-c2ccc(N(c3ccc(-c4ccc5oc6ccccc6c5c4)cc3)c3cccc(-c4cccc5oc6c7ccccc7ccc6c45)c3)cc21. The Morgan fingerprint density at radius 2 is 1.07 bits per heavy atom. The Morgan fingerprint density at radius 1 is 0.379 bits per heavy atom. The maximum Gasteiger partial charge on any atom is 0.143 e. The quantitative estimate of drug-likeness (QED) is 0.176. The van der Waals surface area contributed by atoms with Crippen LogP contribution >= 0.6 is 0 Å². The summed E-state index contributed by atoms with van der Waals surface area (Å²) in [6.07, 6.45) is 0. The minimum atomic E-state index is -0.128. The van der Waals surface area contributed by atoms with Crippen molar-refractivity contribution in [3.05, 3.63) is 199 Å². The molecule has 0 saturated carbocycles. The molecule has 0 atom stereocenters. The normalized spacial score (nSPS) is 13.1. The van der Waals surface area contributed by atoms with E-state index in [9.17, 15) is 0 Å².